The van der Waals surface area contributed by atoms with Crippen LogP contribution in [0.4, 0.5) is 11.4 Å². The van der Waals surface area contributed by atoms with Gasteiger partial charge in [0.2, 0.25) is 15.9 Å². The predicted molar refractivity (Wildman–Crippen MR) is 105 cm³/mol. The van der Waals surface area contributed by atoms with Crippen molar-refractivity contribution < 1.29 is 17.9 Å². The first-order chi connectivity index (χ1) is 12.3. The van der Waals surface area contributed by atoms with Crippen LogP contribution in [0.1, 0.15) is 12.5 Å². The van der Waals surface area contributed by atoms with Crippen molar-refractivity contribution in [2.24, 2.45) is 0 Å². The van der Waals surface area contributed by atoms with Gasteiger partial charge in [0.25, 0.3) is 0 Å². The Bertz CT molecular complexity index is 900. The lowest BCUT2D eigenvalue weighted by molar-refractivity contribution is -0.114. The highest BCUT2D eigenvalue weighted by Gasteiger charge is 2.22. The van der Waals surface area contributed by atoms with Gasteiger partial charge in [-0.25, -0.2) is 8.42 Å². The van der Waals surface area contributed by atoms with Gasteiger partial charge in [-0.2, -0.15) is 0 Å². The third-order valence-corrected chi connectivity index (χ3v) is 5.22. The molecule has 6 nitrogen and oxygen atoms in total. The van der Waals surface area contributed by atoms with E-state index in [9.17, 15) is 13.2 Å². The molecule has 0 radical (unpaired) electrons. The molecule has 2 rings (SSSR count). The van der Waals surface area contributed by atoms with Crippen molar-refractivity contribution in [2.45, 2.75) is 13.3 Å². The van der Waals surface area contributed by atoms with E-state index in [-0.39, 0.29) is 17.3 Å². The summed E-state index contributed by atoms with van der Waals surface area (Å²) in [6.07, 6.45) is 1.79. The molecule has 0 unspecified atom stereocenters. The number of hydrogen-bond acceptors (Lipinski definition) is 4. The summed E-state index contributed by atoms with van der Waals surface area (Å²) < 4.78 is 30.4. The summed E-state index contributed by atoms with van der Waals surface area (Å²) in [6.45, 7) is 1.62. The SMILES string of the molecule is CCc1ccccc1NC(=O)CN(c1ccc(OC)c(Cl)c1)S(C)(=O)=O. The van der Waals surface area contributed by atoms with Crippen LogP contribution in [0.25, 0.3) is 0 Å². The molecule has 1 amide bonds. The molecule has 8 heteroatoms. The quantitative estimate of drug-likeness (QED) is 0.778. The molecular weight excluding hydrogens is 376 g/mol. The van der Waals surface area contributed by atoms with Gasteiger partial charge in [0, 0.05) is 5.69 Å². The van der Waals surface area contributed by atoms with Gasteiger partial charge in [0.1, 0.15) is 12.3 Å². The van der Waals surface area contributed by atoms with E-state index in [0.29, 0.717) is 11.4 Å². The minimum Gasteiger partial charge on any atom is -0.495 e. The number of aryl methyl sites for hydroxylation is 1. The maximum Gasteiger partial charge on any atom is 0.245 e. The highest BCUT2D eigenvalue weighted by Crippen LogP contribution is 2.30. The number of para-hydroxylation sites is 1. The van der Waals surface area contributed by atoms with E-state index in [1.807, 2.05) is 25.1 Å². The van der Waals surface area contributed by atoms with Crippen LogP contribution in [0.3, 0.4) is 0 Å². The summed E-state index contributed by atoms with van der Waals surface area (Å²) in [7, 11) is -2.22. The third-order valence-electron chi connectivity index (χ3n) is 3.78. The molecule has 0 heterocycles. The minimum absolute atomic E-state index is 0.260. The Morgan fingerprint density at radius 2 is 1.92 bits per heavy atom. The first-order valence-corrected chi connectivity index (χ1v) is 10.2. The number of ether oxygens (including phenoxy) is 1. The van der Waals surface area contributed by atoms with Crippen molar-refractivity contribution in [1.82, 2.24) is 0 Å². The van der Waals surface area contributed by atoms with E-state index in [0.717, 1.165) is 22.5 Å². The van der Waals surface area contributed by atoms with Crippen molar-refractivity contribution in [3.05, 3.63) is 53.1 Å². The summed E-state index contributed by atoms with van der Waals surface area (Å²) in [5.74, 6) is -0.0199. The van der Waals surface area contributed by atoms with E-state index in [4.69, 9.17) is 16.3 Å². The Morgan fingerprint density at radius 3 is 2.50 bits per heavy atom. The lowest BCUT2D eigenvalue weighted by atomic mass is 10.1. The Labute approximate surface area is 158 Å². The second kappa shape index (κ2) is 8.42. The van der Waals surface area contributed by atoms with Crippen LogP contribution < -0.4 is 14.4 Å². The zero-order valence-corrected chi connectivity index (χ0v) is 16.4. The minimum atomic E-state index is -3.68. The van der Waals surface area contributed by atoms with Gasteiger partial charge in [0.15, 0.2) is 0 Å². The Balaban J connectivity index is 2.26. The van der Waals surface area contributed by atoms with Gasteiger partial charge < -0.3 is 10.1 Å². The molecule has 0 aliphatic heterocycles. The molecular formula is C18H21ClN2O4S. The van der Waals surface area contributed by atoms with Crippen LogP contribution in [-0.4, -0.2) is 34.2 Å². The summed E-state index contributed by atoms with van der Waals surface area (Å²) >= 11 is 6.08. The molecule has 0 fully saturated rings. The van der Waals surface area contributed by atoms with Crippen LogP contribution >= 0.6 is 11.6 Å². The maximum absolute atomic E-state index is 12.4. The smallest absolute Gasteiger partial charge is 0.245 e. The highest BCUT2D eigenvalue weighted by molar-refractivity contribution is 7.92. The number of sulfonamides is 1. The van der Waals surface area contributed by atoms with Crippen LogP contribution in [0, 0.1) is 0 Å². The lowest BCUT2D eigenvalue weighted by Crippen LogP contribution is -2.37. The van der Waals surface area contributed by atoms with Gasteiger partial charge in [-0.05, 0) is 36.2 Å². The van der Waals surface area contributed by atoms with Gasteiger partial charge in [-0.15, -0.1) is 0 Å². The van der Waals surface area contributed by atoms with E-state index in [1.165, 1.54) is 13.2 Å². The number of benzene rings is 2. The Morgan fingerprint density at radius 1 is 1.23 bits per heavy atom. The number of carbonyl (C=O) groups excluding carboxylic acids is 1. The number of amides is 1. The van der Waals surface area contributed by atoms with Crippen LogP contribution in [0.5, 0.6) is 5.75 Å². The van der Waals surface area contributed by atoms with Crippen LogP contribution in [0.2, 0.25) is 5.02 Å². The van der Waals surface area contributed by atoms with Crippen molar-refractivity contribution in [3.63, 3.8) is 0 Å². The molecule has 26 heavy (non-hydrogen) atoms. The van der Waals surface area contributed by atoms with Crippen LogP contribution in [0.15, 0.2) is 42.5 Å². The molecule has 2 aromatic rings. The number of rotatable bonds is 7. The second-order valence-electron chi connectivity index (χ2n) is 5.65. The molecule has 0 aliphatic rings. The summed E-state index contributed by atoms with van der Waals surface area (Å²) in [4.78, 5) is 12.4. The van der Waals surface area contributed by atoms with Gasteiger partial charge in [-0.1, -0.05) is 36.7 Å². The number of nitrogens with one attached hydrogen (secondary N) is 1. The number of anilines is 2. The average molecular weight is 397 g/mol. The number of halogens is 1. The molecule has 2 aromatic carbocycles. The number of carbonyl (C=O) groups is 1. The zero-order valence-electron chi connectivity index (χ0n) is 14.8. The fraction of sp³-hybridized carbons (Fsp3) is 0.278. The Hall–Kier alpha value is -2.25. The van der Waals surface area contributed by atoms with E-state index in [2.05, 4.69) is 5.32 Å². The number of nitrogens with zero attached hydrogens (tertiary/aromatic N) is 1. The standard InChI is InChI=1S/C18H21ClN2O4S/c1-4-13-7-5-6-8-16(13)20-18(22)12-21(26(3,23)24)14-9-10-17(25-2)15(19)11-14/h5-11H,4,12H2,1-3H3,(H,20,22). The van der Waals surface area contributed by atoms with E-state index >= 15 is 0 Å². The molecule has 0 saturated carbocycles. The van der Waals surface area contributed by atoms with E-state index < -0.39 is 15.9 Å². The maximum atomic E-state index is 12.4. The molecule has 0 saturated heterocycles. The van der Waals surface area contributed by atoms with Gasteiger partial charge in [-0.3, -0.25) is 9.10 Å². The second-order valence-corrected chi connectivity index (χ2v) is 7.96. The zero-order chi connectivity index (χ0) is 19.3. The highest BCUT2D eigenvalue weighted by atomic mass is 35.5. The molecule has 0 aromatic heterocycles. The summed E-state index contributed by atoms with van der Waals surface area (Å²) in [5, 5.41) is 3.03. The molecule has 1 N–H and O–H groups in total. The van der Waals surface area contributed by atoms with Gasteiger partial charge >= 0.3 is 0 Å². The first kappa shape index (κ1) is 20.1. The van der Waals surface area contributed by atoms with Crippen molar-refractivity contribution in [2.75, 3.05) is 29.5 Å². The molecule has 140 valence electrons. The first-order valence-electron chi connectivity index (χ1n) is 7.95. The van der Waals surface area contributed by atoms with Crippen molar-refractivity contribution >= 4 is 38.9 Å². The van der Waals surface area contributed by atoms with Crippen molar-refractivity contribution in [3.8, 4) is 5.75 Å². The number of methoxy groups -OCH3 is 1. The largest absolute Gasteiger partial charge is 0.495 e. The summed E-state index contributed by atoms with van der Waals surface area (Å²) in [5.41, 5.74) is 1.93. The molecule has 0 spiro atoms. The molecule has 0 atom stereocenters. The monoisotopic (exact) mass is 396 g/mol. The fourth-order valence-electron chi connectivity index (χ4n) is 2.48. The molecule has 0 aliphatic carbocycles. The predicted octanol–water partition coefficient (Wildman–Crippen LogP) is 3.32. The lowest BCUT2D eigenvalue weighted by Gasteiger charge is -2.22. The van der Waals surface area contributed by atoms with Gasteiger partial charge in [0.05, 0.1) is 24.1 Å². The van der Waals surface area contributed by atoms with E-state index in [1.54, 1.807) is 18.2 Å². The Kier molecular flexibility index (Phi) is 6.50. The third kappa shape index (κ3) is 4.89. The molecule has 0 bridgehead atoms. The topological polar surface area (TPSA) is 75.7 Å². The van der Waals surface area contributed by atoms with Crippen LogP contribution in [-0.2, 0) is 21.2 Å². The van der Waals surface area contributed by atoms with Crippen molar-refractivity contribution in [1.29, 1.82) is 0 Å². The number of hydrogen-bond donors (Lipinski definition) is 1. The average Bonchev–Trinajstić information content (AvgIpc) is 2.59. The normalized spacial score (nSPS) is 11.1. The fourth-order valence-corrected chi connectivity index (χ4v) is 3.58. The summed E-state index contributed by atoms with van der Waals surface area (Å²) in [6, 6.07) is 11.9.